The summed E-state index contributed by atoms with van der Waals surface area (Å²) in [6, 6.07) is 4.85. The largest absolute Gasteiger partial charge is 0.407 e. The Labute approximate surface area is 130 Å². The van der Waals surface area contributed by atoms with Crippen molar-refractivity contribution in [2.24, 2.45) is 5.92 Å². The highest BCUT2D eigenvalue weighted by molar-refractivity contribution is 7.10. The van der Waals surface area contributed by atoms with Gasteiger partial charge in [-0.2, -0.15) is 0 Å². The first-order valence-electron chi connectivity index (χ1n) is 7.22. The molecule has 6 heteroatoms. The zero-order valence-electron chi connectivity index (χ0n) is 13.3. The average molecular weight is 308 g/mol. The Kier molecular flexibility index (Phi) is 5.00. The predicted octanol–water partition coefficient (Wildman–Crippen LogP) is 3.83. The number of rotatable bonds is 6. The van der Waals surface area contributed by atoms with Crippen LogP contribution in [0, 0.1) is 5.92 Å². The zero-order chi connectivity index (χ0) is 15.5. The standard InChI is InChI=1S/C15H24N4OS/c1-10(2)13(11-7-6-8-21-11)17-14-19-18-12(20-14)9-16-15(3,4)5/h6-8,10,13,16H,9H2,1-5H3,(H,17,19). The minimum atomic E-state index is 0.0273. The van der Waals surface area contributed by atoms with Crippen molar-refractivity contribution < 1.29 is 4.42 Å². The van der Waals surface area contributed by atoms with E-state index in [1.807, 2.05) is 0 Å². The first-order chi connectivity index (χ1) is 9.85. The van der Waals surface area contributed by atoms with Crippen LogP contribution < -0.4 is 10.6 Å². The van der Waals surface area contributed by atoms with Crippen LogP contribution in [0.1, 0.15) is 51.4 Å². The lowest BCUT2D eigenvalue weighted by Crippen LogP contribution is -2.35. The van der Waals surface area contributed by atoms with Crippen LogP contribution in [0.2, 0.25) is 0 Å². The number of thiophene rings is 1. The summed E-state index contributed by atoms with van der Waals surface area (Å²) in [5.74, 6) is 1.04. The quantitative estimate of drug-likeness (QED) is 0.849. The molecule has 0 aromatic carbocycles. The number of nitrogens with zero attached hydrogens (tertiary/aromatic N) is 2. The fourth-order valence-corrected chi connectivity index (χ4v) is 2.84. The van der Waals surface area contributed by atoms with E-state index in [0.29, 0.717) is 24.4 Å². The lowest BCUT2D eigenvalue weighted by atomic mass is 10.0. The maximum absolute atomic E-state index is 5.67. The first-order valence-corrected chi connectivity index (χ1v) is 8.10. The SMILES string of the molecule is CC(C)C(Nc1nnc(CNC(C)(C)C)o1)c1cccs1. The topological polar surface area (TPSA) is 63.0 Å². The molecule has 0 radical (unpaired) electrons. The summed E-state index contributed by atoms with van der Waals surface area (Å²) in [5, 5.41) is 16.9. The molecule has 21 heavy (non-hydrogen) atoms. The van der Waals surface area contributed by atoms with Gasteiger partial charge in [-0.05, 0) is 38.1 Å². The fraction of sp³-hybridized carbons (Fsp3) is 0.600. The summed E-state index contributed by atoms with van der Waals surface area (Å²) in [4.78, 5) is 1.28. The van der Waals surface area contributed by atoms with Gasteiger partial charge in [0, 0.05) is 10.4 Å². The number of hydrogen-bond acceptors (Lipinski definition) is 6. The molecule has 0 amide bonds. The third-order valence-electron chi connectivity index (χ3n) is 3.03. The second-order valence-electron chi connectivity index (χ2n) is 6.49. The zero-order valence-corrected chi connectivity index (χ0v) is 14.1. The van der Waals surface area contributed by atoms with Crippen LogP contribution in [-0.4, -0.2) is 15.7 Å². The summed E-state index contributed by atoms with van der Waals surface area (Å²) in [5.41, 5.74) is 0.0273. The lowest BCUT2D eigenvalue weighted by molar-refractivity contribution is 0.382. The van der Waals surface area contributed by atoms with Crippen molar-refractivity contribution in [2.45, 2.75) is 52.7 Å². The summed E-state index contributed by atoms with van der Waals surface area (Å²) >= 11 is 1.73. The molecule has 5 nitrogen and oxygen atoms in total. The third kappa shape index (κ3) is 4.82. The van der Waals surface area contributed by atoms with Gasteiger partial charge in [-0.15, -0.1) is 16.4 Å². The molecule has 1 atom stereocenters. The molecule has 0 saturated heterocycles. The fourth-order valence-electron chi connectivity index (χ4n) is 1.89. The van der Waals surface area contributed by atoms with Crippen LogP contribution in [0.4, 0.5) is 6.01 Å². The van der Waals surface area contributed by atoms with Crippen LogP contribution >= 0.6 is 11.3 Å². The average Bonchev–Trinajstić information content (AvgIpc) is 3.04. The Morgan fingerprint density at radius 1 is 1.29 bits per heavy atom. The molecule has 2 aromatic rings. The Hall–Kier alpha value is -1.40. The van der Waals surface area contributed by atoms with Gasteiger partial charge in [0.1, 0.15) is 0 Å². The molecule has 0 aliphatic heterocycles. The van der Waals surface area contributed by atoms with E-state index < -0.39 is 0 Å². The molecule has 2 heterocycles. The highest BCUT2D eigenvalue weighted by Crippen LogP contribution is 2.29. The number of anilines is 1. The molecule has 0 saturated carbocycles. The second-order valence-corrected chi connectivity index (χ2v) is 7.47. The molecular formula is C15H24N4OS. The van der Waals surface area contributed by atoms with Gasteiger partial charge >= 0.3 is 6.01 Å². The lowest BCUT2D eigenvalue weighted by Gasteiger charge is -2.20. The van der Waals surface area contributed by atoms with Crippen molar-refractivity contribution >= 4 is 17.4 Å². The summed E-state index contributed by atoms with van der Waals surface area (Å²) in [6.45, 7) is 11.2. The van der Waals surface area contributed by atoms with Crippen LogP contribution in [-0.2, 0) is 6.54 Å². The molecule has 0 spiro atoms. The van der Waals surface area contributed by atoms with Gasteiger partial charge in [-0.3, -0.25) is 0 Å². The van der Waals surface area contributed by atoms with Crippen molar-refractivity contribution in [3.63, 3.8) is 0 Å². The monoisotopic (exact) mass is 308 g/mol. The Bertz CT molecular complexity index is 542. The van der Waals surface area contributed by atoms with E-state index in [4.69, 9.17) is 4.42 Å². The molecule has 2 N–H and O–H groups in total. The molecule has 0 fully saturated rings. The summed E-state index contributed by atoms with van der Waals surface area (Å²) in [6.07, 6.45) is 0. The van der Waals surface area contributed by atoms with Crippen LogP contribution in [0.3, 0.4) is 0 Å². The maximum atomic E-state index is 5.67. The third-order valence-corrected chi connectivity index (χ3v) is 3.99. The van der Waals surface area contributed by atoms with Crippen molar-refractivity contribution in [1.82, 2.24) is 15.5 Å². The van der Waals surface area contributed by atoms with Crippen molar-refractivity contribution in [3.8, 4) is 0 Å². The van der Waals surface area contributed by atoms with Crippen molar-refractivity contribution in [1.29, 1.82) is 0 Å². The van der Waals surface area contributed by atoms with Gasteiger partial charge in [0.15, 0.2) is 0 Å². The van der Waals surface area contributed by atoms with Gasteiger partial charge in [0.05, 0.1) is 12.6 Å². The summed E-state index contributed by atoms with van der Waals surface area (Å²) < 4.78 is 5.67. The van der Waals surface area contributed by atoms with E-state index in [1.54, 1.807) is 11.3 Å². The minimum Gasteiger partial charge on any atom is -0.407 e. The normalized spacial score (nSPS) is 13.6. The van der Waals surface area contributed by atoms with Gasteiger partial charge < -0.3 is 15.1 Å². The van der Waals surface area contributed by atoms with E-state index in [-0.39, 0.29) is 11.6 Å². The smallest absolute Gasteiger partial charge is 0.316 e. The molecule has 0 aliphatic carbocycles. The molecule has 0 bridgehead atoms. The van der Waals surface area contributed by atoms with E-state index >= 15 is 0 Å². The van der Waals surface area contributed by atoms with Crippen molar-refractivity contribution in [2.75, 3.05) is 5.32 Å². The highest BCUT2D eigenvalue weighted by Gasteiger charge is 2.19. The van der Waals surface area contributed by atoms with Gasteiger partial charge in [-0.25, -0.2) is 0 Å². The van der Waals surface area contributed by atoms with Crippen LogP contribution in [0.5, 0.6) is 0 Å². The Morgan fingerprint density at radius 3 is 2.62 bits per heavy atom. The van der Waals surface area contributed by atoms with Gasteiger partial charge in [0.25, 0.3) is 0 Å². The van der Waals surface area contributed by atoms with Crippen LogP contribution in [0.15, 0.2) is 21.9 Å². The molecule has 116 valence electrons. The number of hydrogen-bond donors (Lipinski definition) is 2. The van der Waals surface area contributed by atoms with E-state index in [0.717, 1.165) is 0 Å². The number of nitrogens with one attached hydrogen (secondary N) is 2. The van der Waals surface area contributed by atoms with Crippen molar-refractivity contribution in [3.05, 3.63) is 28.3 Å². The van der Waals surface area contributed by atoms with E-state index in [1.165, 1.54) is 4.88 Å². The minimum absolute atomic E-state index is 0.0273. The Morgan fingerprint density at radius 2 is 2.05 bits per heavy atom. The summed E-state index contributed by atoms with van der Waals surface area (Å²) in [7, 11) is 0. The predicted molar refractivity (Wildman–Crippen MR) is 86.4 cm³/mol. The molecular weight excluding hydrogens is 284 g/mol. The molecule has 2 rings (SSSR count). The first kappa shape index (κ1) is 16.0. The van der Waals surface area contributed by atoms with Gasteiger partial charge in [-0.1, -0.05) is 25.0 Å². The molecule has 0 aliphatic rings. The Balaban J connectivity index is 2.00. The highest BCUT2D eigenvalue weighted by atomic mass is 32.1. The van der Waals surface area contributed by atoms with E-state index in [9.17, 15) is 0 Å². The van der Waals surface area contributed by atoms with Gasteiger partial charge in [0.2, 0.25) is 5.89 Å². The molecule has 2 aromatic heterocycles. The second kappa shape index (κ2) is 6.58. The van der Waals surface area contributed by atoms with Crippen LogP contribution in [0.25, 0.3) is 0 Å². The van der Waals surface area contributed by atoms with E-state index in [2.05, 4.69) is 73.0 Å². The number of aromatic nitrogens is 2. The molecule has 1 unspecified atom stereocenters. The maximum Gasteiger partial charge on any atom is 0.316 e.